The molecule has 4 aliphatic rings. The van der Waals surface area contributed by atoms with E-state index in [0.717, 1.165) is 23.7 Å². The third-order valence-corrected chi connectivity index (χ3v) is 10.8. The first-order valence-electron chi connectivity index (χ1n) is 12.1. The van der Waals surface area contributed by atoms with Crippen molar-refractivity contribution in [3.05, 3.63) is 34.6 Å². The van der Waals surface area contributed by atoms with E-state index in [2.05, 4.69) is 9.59 Å². The molecule has 4 aliphatic carbocycles. The molecule has 200 valence electrons. The number of alkyl halides is 3. The van der Waals surface area contributed by atoms with Gasteiger partial charge in [-0.3, -0.25) is 9.59 Å². The van der Waals surface area contributed by atoms with Gasteiger partial charge in [0, 0.05) is 28.7 Å². The normalized spacial score (nSPS) is 42.7. The van der Waals surface area contributed by atoms with Crippen LogP contribution in [0.1, 0.15) is 56.9 Å². The molecule has 37 heavy (non-hydrogen) atoms. The van der Waals surface area contributed by atoms with Crippen molar-refractivity contribution in [2.75, 3.05) is 6.01 Å². The zero-order chi connectivity index (χ0) is 27.0. The summed E-state index contributed by atoms with van der Waals surface area (Å²) in [6.07, 6.45) is 0.149. The number of nitrogens with zero attached hydrogens (tertiary/aromatic N) is 2. The van der Waals surface area contributed by atoms with Crippen molar-refractivity contribution < 1.29 is 37.4 Å². The summed E-state index contributed by atoms with van der Waals surface area (Å²) >= 11 is 1.32. The quantitative estimate of drug-likeness (QED) is 0.511. The molecule has 7 nitrogen and oxygen atoms in total. The maximum absolute atomic E-state index is 17.3. The van der Waals surface area contributed by atoms with E-state index in [1.54, 1.807) is 13.8 Å². The first-order chi connectivity index (χ1) is 17.4. The zero-order valence-corrected chi connectivity index (χ0v) is 22.1. The number of aromatic nitrogens is 2. The highest BCUT2D eigenvalue weighted by Crippen LogP contribution is 2.72. The number of aliphatic hydroxyl groups excluding tert-OH is 1. The Balaban J connectivity index is 1.61. The number of halogens is 3. The Morgan fingerprint density at radius 3 is 2.62 bits per heavy atom. The summed E-state index contributed by atoms with van der Waals surface area (Å²) in [6, 6.07) is -1.04. The van der Waals surface area contributed by atoms with Gasteiger partial charge in [0.25, 0.3) is 0 Å². The Hall–Kier alpha value is -2.21. The molecule has 1 aromatic heterocycles. The topological polar surface area (TPSA) is 106 Å². The number of allylic oxidation sites excluding steroid dienone is 3. The van der Waals surface area contributed by atoms with E-state index in [0.29, 0.717) is 11.8 Å². The van der Waals surface area contributed by atoms with Gasteiger partial charge in [-0.05, 0) is 73.5 Å². The van der Waals surface area contributed by atoms with E-state index in [-0.39, 0.29) is 37.0 Å². The maximum Gasteiger partial charge on any atom is 0.360 e. The smallest absolute Gasteiger partial charge is 0.360 e. The minimum absolute atomic E-state index is 0.0528. The molecule has 3 fully saturated rings. The Labute approximate surface area is 220 Å². The number of ether oxygens (including phenoxy) is 1. The summed E-state index contributed by atoms with van der Waals surface area (Å²) in [5.74, 6) is -4.22. The predicted molar refractivity (Wildman–Crippen MR) is 130 cm³/mol. The maximum atomic E-state index is 17.3. The van der Waals surface area contributed by atoms with Gasteiger partial charge in [0.1, 0.15) is 23.6 Å². The lowest BCUT2D eigenvalue weighted by Gasteiger charge is -2.61. The van der Waals surface area contributed by atoms with Crippen LogP contribution in [0, 0.1) is 28.6 Å². The number of carbonyl (C=O) groups excluding carboxylic acids is 3. The van der Waals surface area contributed by atoms with Crippen LogP contribution in [0.5, 0.6) is 0 Å². The van der Waals surface area contributed by atoms with Gasteiger partial charge in [-0.2, -0.15) is 0 Å². The molecule has 0 saturated heterocycles. The van der Waals surface area contributed by atoms with Crippen LogP contribution in [-0.2, 0) is 14.3 Å². The molecule has 0 unspecified atom stereocenters. The van der Waals surface area contributed by atoms with Crippen molar-refractivity contribution in [2.24, 2.45) is 28.6 Å². The van der Waals surface area contributed by atoms with Crippen LogP contribution in [0.15, 0.2) is 28.9 Å². The highest BCUT2D eigenvalue weighted by atomic mass is 32.2. The lowest BCUT2D eigenvalue weighted by atomic mass is 9.45. The van der Waals surface area contributed by atoms with Crippen LogP contribution in [0.25, 0.3) is 0 Å². The largest absolute Gasteiger partial charge is 0.511 e. The minimum Gasteiger partial charge on any atom is -0.511 e. The molecular weight excluding hydrogens is 529 g/mol. The Morgan fingerprint density at radius 1 is 1.24 bits per heavy atom. The lowest BCUT2D eigenvalue weighted by Crippen LogP contribution is -2.66. The Morgan fingerprint density at radius 2 is 1.97 bits per heavy atom. The number of carbonyl (C=O) groups is 3. The molecular formula is C25H27F3N2O5S2. The number of rotatable bonds is 4. The van der Waals surface area contributed by atoms with Crippen LogP contribution < -0.4 is 0 Å². The van der Waals surface area contributed by atoms with Crippen LogP contribution >= 0.6 is 23.3 Å². The Bertz CT molecular complexity index is 1220. The van der Waals surface area contributed by atoms with Gasteiger partial charge in [0.15, 0.2) is 17.1 Å². The van der Waals surface area contributed by atoms with E-state index < -0.39 is 74.7 Å². The minimum atomic E-state index is -2.12. The highest BCUT2D eigenvalue weighted by molar-refractivity contribution is 8.13. The fraction of sp³-hybridized carbons (Fsp3) is 0.640. The number of hydrogen-bond donors (Lipinski definition) is 1. The number of fused-ring (bicyclic) bond motifs is 5. The molecule has 1 heterocycles. The van der Waals surface area contributed by atoms with Crippen molar-refractivity contribution in [3.63, 3.8) is 0 Å². The molecule has 0 bridgehead atoms. The second-order valence-corrected chi connectivity index (χ2v) is 12.4. The molecule has 0 spiro atoms. The van der Waals surface area contributed by atoms with Crippen molar-refractivity contribution in [1.29, 1.82) is 0 Å². The molecule has 0 aromatic carbocycles. The second-order valence-electron chi connectivity index (χ2n) is 10.9. The van der Waals surface area contributed by atoms with Gasteiger partial charge in [0.2, 0.25) is 5.12 Å². The summed E-state index contributed by atoms with van der Waals surface area (Å²) in [7, 11) is 0. The Kier molecular flexibility index (Phi) is 6.18. The molecule has 5 rings (SSSR count). The van der Waals surface area contributed by atoms with Crippen molar-refractivity contribution in [1.82, 2.24) is 9.59 Å². The first-order valence-corrected chi connectivity index (χ1v) is 13.9. The molecule has 0 radical (unpaired) electrons. The summed E-state index contributed by atoms with van der Waals surface area (Å²) in [4.78, 5) is 38.7. The number of hydrogen-bond acceptors (Lipinski definition) is 9. The SMILES string of the molecule is C[C@@H]1C[C@H]2[C@@H]3C[C@H](F)C4=CC(=O)C=C(O)[C@]4(C)[C@@]3(F)CC[C@]2(C)[C@@]1(OC(=O)c1csnn1)C(=O)SCF. The summed E-state index contributed by atoms with van der Waals surface area (Å²) < 4.78 is 56.0. The molecule has 0 aliphatic heterocycles. The molecule has 1 N–H and O–H groups in total. The van der Waals surface area contributed by atoms with Crippen LogP contribution in [0.2, 0.25) is 0 Å². The second kappa shape index (κ2) is 8.65. The van der Waals surface area contributed by atoms with E-state index in [4.69, 9.17) is 4.74 Å². The van der Waals surface area contributed by atoms with Gasteiger partial charge in [-0.1, -0.05) is 18.3 Å². The number of esters is 1. The number of ketones is 1. The number of thioether (sulfide) groups is 1. The van der Waals surface area contributed by atoms with Crippen molar-refractivity contribution in [2.45, 2.75) is 63.9 Å². The van der Waals surface area contributed by atoms with Gasteiger partial charge >= 0.3 is 5.97 Å². The van der Waals surface area contributed by atoms with Crippen LogP contribution in [0.4, 0.5) is 13.2 Å². The average Bonchev–Trinajstić information content (AvgIpc) is 3.45. The molecule has 0 amide bonds. The zero-order valence-electron chi connectivity index (χ0n) is 20.5. The lowest BCUT2D eigenvalue weighted by molar-refractivity contribution is -0.184. The molecule has 12 heteroatoms. The van der Waals surface area contributed by atoms with Crippen molar-refractivity contribution in [3.8, 4) is 0 Å². The summed E-state index contributed by atoms with van der Waals surface area (Å²) in [6.45, 7) is 4.85. The molecule has 1 aromatic rings. The van der Waals surface area contributed by atoms with Gasteiger partial charge < -0.3 is 9.84 Å². The fourth-order valence-corrected chi connectivity index (χ4v) is 9.03. The monoisotopic (exact) mass is 556 g/mol. The van der Waals surface area contributed by atoms with Gasteiger partial charge in [-0.25, -0.2) is 18.0 Å². The average molecular weight is 557 g/mol. The van der Waals surface area contributed by atoms with E-state index >= 15 is 8.78 Å². The third-order valence-electron chi connectivity index (χ3n) is 9.66. The van der Waals surface area contributed by atoms with Crippen LogP contribution in [0.3, 0.4) is 0 Å². The third kappa shape index (κ3) is 3.30. The fourth-order valence-electron chi connectivity index (χ4n) is 7.82. The van der Waals surface area contributed by atoms with E-state index in [1.807, 2.05) is 0 Å². The summed E-state index contributed by atoms with van der Waals surface area (Å²) in [5.41, 5.74) is -7.00. The van der Waals surface area contributed by atoms with Gasteiger partial charge in [0.05, 0.1) is 5.41 Å². The van der Waals surface area contributed by atoms with Crippen LogP contribution in [-0.4, -0.2) is 55.0 Å². The predicted octanol–water partition coefficient (Wildman–Crippen LogP) is 5.10. The molecule has 8 atom stereocenters. The first kappa shape index (κ1) is 26.4. The standard InChI is InChI=1S/C25H27F3N2O5S2/c1-12-6-14-15-9-17(27)16-7-13(31)8-19(32)23(16,3)24(15,28)5-4-22(14,2)25(12,21(34)36-11-26)35-20(33)18-10-37-30-29-18/h7-8,10,12,14-15,17,32H,4-6,9,11H2,1-3H3/t12-,14+,15+,17+,22+,23-,24-,25+/m1/s1. The van der Waals surface area contributed by atoms with Gasteiger partial charge in [-0.15, -0.1) is 5.10 Å². The van der Waals surface area contributed by atoms with E-state index in [9.17, 15) is 23.9 Å². The van der Waals surface area contributed by atoms with Crippen molar-refractivity contribution >= 4 is 40.2 Å². The highest BCUT2D eigenvalue weighted by Gasteiger charge is 2.76. The van der Waals surface area contributed by atoms with E-state index in [1.165, 1.54) is 12.3 Å². The number of aliphatic hydroxyl groups is 1. The molecule has 3 saturated carbocycles. The summed E-state index contributed by atoms with van der Waals surface area (Å²) in [5, 5.41) is 15.2.